The minimum atomic E-state index is -0.697. The monoisotopic (exact) mass is 478 g/mol. The quantitative estimate of drug-likeness (QED) is 0.528. The Balaban J connectivity index is 2.31. The van der Waals surface area contributed by atoms with E-state index in [0.29, 0.717) is 27.8 Å². The molecule has 174 valence electrons. The van der Waals surface area contributed by atoms with Crippen molar-refractivity contribution in [2.24, 2.45) is 0 Å². The lowest BCUT2D eigenvalue weighted by Gasteiger charge is -2.33. The molecule has 0 aromatic heterocycles. The van der Waals surface area contributed by atoms with Crippen molar-refractivity contribution in [2.75, 3.05) is 6.61 Å². The molecule has 0 radical (unpaired) electrons. The van der Waals surface area contributed by atoms with E-state index in [9.17, 15) is 9.59 Å². The van der Waals surface area contributed by atoms with Crippen LogP contribution in [0.1, 0.15) is 50.8 Å². The molecule has 1 N–H and O–H groups in total. The number of carbonyl (C=O) groups is 2. The van der Waals surface area contributed by atoms with Crippen LogP contribution in [0, 0.1) is 13.8 Å². The molecule has 2 rings (SSSR count). The van der Waals surface area contributed by atoms with Gasteiger partial charge in [0.05, 0.1) is 0 Å². The maximum absolute atomic E-state index is 13.3. The molecule has 32 heavy (non-hydrogen) atoms. The lowest BCUT2D eigenvalue weighted by Crippen LogP contribution is -2.54. The maximum Gasteiger partial charge on any atom is 0.261 e. The molecule has 1 atom stereocenters. The molecular formula is C25H32Cl2N2O3. The van der Waals surface area contributed by atoms with Crippen LogP contribution >= 0.6 is 23.2 Å². The Morgan fingerprint density at radius 3 is 2.22 bits per heavy atom. The molecule has 7 heteroatoms. The summed E-state index contributed by atoms with van der Waals surface area (Å²) < 4.78 is 5.77. The Morgan fingerprint density at radius 1 is 1.06 bits per heavy atom. The molecule has 0 aliphatic rings. The summed E-state index contributed by atoms with van der Waals surface area (Å²) in [5.74, 6) is 0.0437. The molecular weight excluding hydrogens is 447 g/mol. The highest BCUT2D eigenvalue weighted by Gasteiger charge is 2.31. The second-order valence-corrected chi connectivity index (χ2v) is 9.73. The van der Waals surface area contributed by atoms with E-state index in [-0.39, 0.29) is 25.0 Å². The van der Waals surface area contributed by atoms with Crippen molar-refractivity contribution in [3.05, 3.63) is 63.1 Å². The molecule has 0 fully saturated rings. The summed E-state index contributed by atoms with van der Waals surface area (Å²) in [5.41, 5.74) is 2.38. The molecule has 0 saturated carbocycles. The number of hydrogen-bond acceptors (Lipinski definition) is 3. The number of aryl methyl sites for hydroxylation is 2. The fourth-order valence-electron chi connectivity index (χ4n) is 3.26. The van der Waals surface area contributed by atoms with Gasteiger partial charge in [0.15, 0.2) is 6.61 Å². The van der Waals surface area contributed by atoms with E-state index < -0.39 is 11.6 Å². The number of nitrogens with one attached hydrogen (secondary N) is 1. The van der Waals surface area contributed by atoms with Crippen molar-refractivity contribution in [3.63, 3.8) is 0 Å². The molecule has 2 aromatic rings. The van der Waals surface area contributed by atoms with Crippen LogP contribution in [0.4, 0.5) is 0 Å². The fourth-order valence-corrected chi connectivity index (χ4v) is 3.77. The smallest absolute Gasteiger partial charge is 0.261 e. The number of amides is 2. The van der Waals surface area contributed by atoms with Gasteiger partial charge in [-0.3, -0.25) is 9.59 Å². The molecule has 0 saturated heterocycles. The number of halogens is 2. The van der Waals surface area contributed by atoms with E-state index in [1.807, 2.05) is 59.7 Å². The van der Waals surface area contributed by atoms with E-state index in [4.69, 9.17) is 27.9 Å². The van der Waals surface area contributed by atoms with Crippen molar-refractivity contribution in [2.45, 2.75) is 66.1 Å². The van der Waals surface area contributed by atoms with Gasteiger partial charge in [0.2, 0.25) is 5.91 Å². The SMILES string of the molecule is CC[C@H](C(=O)NC(C)(C)C)N(Cc1c(Cl)cccc1Cl)C(=O)COc1ccc(C)c(C)c1. The fraction of sp³-hybridized carbons (Fsp3) is 0.440. The van der Waals surface area contributed by atoms with Crippen molar-refractivity contribution >= 4 is 35.0 Å². The zero-order chi connectivity index (χ0) is 24.1. The Hall–Kier alpha value is -2.24. The number of benzene rings is 2. The van der Waals surface area contributed by atoms with Crippen LogP contribution in [-0.4, -0.2) is 34.9 Å². The standard InChI is InChI=1S/C25H32Cl2N2O3/c1-7-22(24(31)28-25(4,5)6)29(14-19-20(26)9-8-10-21(19)27)23(30)15-32-18-12-11-16(2)17(3)13-18/h8-13,22H,7,14-15H2,1-6H3,(H,28,31)/t22-/m1/s1. The van der Waals surface area contributed by atoms with Gasteiger partial charge in [0, 0.05) is 27.7 Å². The van der Waals surface area contributed by atoms with Crippen molar-refractivity contribution < 1.29 is 14.3 Å². The first-order chi connectivity index (χ1) is 14.9. The van der Waals surface area contributed by atoms with Gasteiger partial charge in [-0.05, 0) is 76.4 Å². The van der Waals surface area contributed by atoms with Gasteiger partial charge < -0.3 is 15.0 Å². The number of carbonyl (C=O) groups excluding carboxylic acids is 2. The highest BCUT2D eigenvalue weighted by molar-refractivity contribution is 6.36. The molecule has 0 spiro atoms. The first-order valence-electron chi connectivity index (χ1n) is 10.7. The highest BCUT2D eigenvalue weighted by Crippen LogP contribution is 2.27. The summed E-state index contributed by atoms with van der Waals surface area (Å²) in [5, 5.41) is 3.85. The van der Waals surface area contributed by atoms with Crippen LogP contribution < -0.4 is 10.1 Å². The molecule has 0 unspecified atom stereocenters. The van der Waals surface area contributed by atoms with E-state index in [1.165, 1.54) is 4.90 Å². The van der Waals surface area contributed by atoms with E-state index in [2.05, 4.69) is 5.32 Å². The number of nitrogens with zero attached hydrogens (tertiary/aromatic N) is 1. The summed E-state index contributed by atoms with van der Waals surface area (Å²) in [6, 6.07) is 10.1. The van der Waals surface area contributed by atoms with Gasteiger partial charge >= 0.3 is 0 Å². The van der Waals surface area contributed by atoms with Crippen LogP contribution in [0.5, 0.6) is 5.75 Å². The van der Waals surface area contributed by atoms with Crippen LogP contribution in [0.15, 0.2) is 36.4 Å². The van der Waals surface area contributed by atoms with Gasteiger partial charge in [0.1, 0.15) is 11.8 Å². The van der Waals surface area contributed by atoms with Crippen molar-refractivity contribution in [1.82, 2.24) is 10.2 Å². The summed E-state index contributed by atoms with van der Waals surface area (Å²) in [6.45, 7) is 11.5. The number of ether oxygens (including phenoxy) is 1. The number of rotatable bonds is 8. The first-order valence-corrected chi connectivity index (χ1v) is 11.4. The van der Waals surface area contributed by atoms with Gasteiger partial charge in [0.25, 0.3) is 5.91 Å². The predicted octanol–water partition coefficient (Wildman–Crippen LogP) is 5.71. The zero-order valence-electron chi connectivity index (χ0n) is 19.6. The Morgan fingerprint density at radius 2 is 1.69 bits per heavy atom. The average molecular weight is 479 g/mol. The van der Waals surface area contributed by atoms with Gasteiger partial charge in [-0.15, -0.1) is 0 Å². The van der Waals surface area contributed by atoms with Gasteiger partial charge in [-0.1, -0.05) is 42.3 Å². The molecule has 5 nitrogen and oxygen atoms in total. The molecule has 0 aliphatic heterocycles. The van der Waals surface area contributed by atoms with E-state index in [0.717, 1.165) is 11.1 Å². The van der Waals surface area contributed by atoms with Crippen LogP contribution in [-0.2, 0) is 16.1 Å². The average Bonchev–Trinajstić information content (AvgIpc) is 2.69. The van der Waals surface area contributed by atoms with Gasteiger partial charge in [-0.2, -0.15) is 0 Å². The lowest BCUT2D eigenvalue weighted by molar-refractivity contribution is -0.143. The van der Waals surface area contributed by atoms with E-state index >= 15 is 0 Å². The highest BCUT2D eigenvalue weighted by atomic mass is 35.5. The van der Waals surface area contributed by atoms with Crippen molar-refractivity contribution in [3.8, 4) is 5.75 Å². The Kier molecular flexibility index (Phi) is 8.99. The minimum Gasteiger partial charge on any atom is -0.484 e. The second-order valence-electron chi connectivity index (χ2n) is 8.92. The van der Waals surface area contributed by atoms with Crippen LogP contribution in [0.3, 0.4) is 0 Å². The van der Waals surface area contributed by atoms with Gasteiger partial charge in [-0.25, -0.2) is 0 Å². The summed E-state index contributed by atoms with van der Waals surface area (Å²) in [7, 11) is 0. The topological polar surface area (TPSA) is 58.6 Å². The Labute approximate surface area is 201 Å². The third kappa shape index (κ3) is 7.14. The largest absolute Gasteiger partial charge is 0.484 e. The van der Waals surface area contributed by atoms with Crippen LogP contribution in [0.2, 0.25) is 10.0 Å². The Bertz CT molecular complexity index is 950. The minimum absolute atomic E-state index is 0.101. The summed E-state index contributed by atoms with van der Waals surface area (Å²) in [6.07, 6.45) is 0.430. The molecule has 2 amide bonds. The first kappa shape index (κ1) is 26.0. The molecule has 0 bridgehead atoms. The van der Waals surface area contributed by atoms with Crippen LogP contribution in [0.25, 0.3) is 0 Å². The lowest BCUT2D eigenvalue weighted by atomic mass is 10.1. The van der Waals surface area contributed by atoms with Crippen molar-refractivity contribution in [1.29, 1.82) is 0 Å². The summed E-state index contributed by atoms with van der Waals surface area (Å²) in [4.78, 5) is 27.8. The second kappa shape index (κ2) is 11.1. The molecule has 0 heterocycles. The molecule has 2 aromatic carbocycles. The zero-order valence-corrected chi connectivity index (χ0v) is 21.1. The maximum atomic E-state index is 13.3. The van der Waals surface area contributed by atoms with E-state index in [1.54, 1.807) is 18.2 Å². The molecule has 0 aliphatic carbocycles. The predicted molar refractivity (Wildman–Crippen MR) is 130 cm³/mol. The number of hydrogen-bond donors (Lipinski definition) is 1. The normalized spacial score (nSPS) is 12.2. The third-order valence-electron chi connectivity index (χ3n) is 5.11. The third-order valence-corrected chi connectivity index (χ3v) is 5.82. The summed E-state index contributed by atoms with van der Waals surface area (Å²) >= 11 is 12.7.